The first-order valence-corrected chi connectivity index (χ1v) is 8.06. The SMILES string of the molecule is COc1ccc(C2CC(=O)Nc3ncn(-c4ccc(F)cc4)c32)cc1O. The molecule has 0 fully saturated rings. The average molecular weight is 353 g/mol. The molecule has 1 aromatic heterocycles. The first-order valence-electron chi connectivity index (χ1n) is 8.06. The largest absolute Gasteiger partial charge is 0.504 e. The maximum absolute atomic E-state index is 13.3. The Hall–Kier alpha value is -3.35. The second-order valence-corrected chi connectivity index (χ2v) is 6.06. The van der Waals surface area contributed by atoms with Crippen LogP contribution in [0, 0.1) is 5.82 Å². The second kappa shape index (κ2) is 6.18. The number of carbonyl (C=O) groups is 1. The Morgan fingerprint density at radius 2 is 2.04 bits per heavy atom. The van der Waals surface area contributed by atoms with Gasteiger partial charge in [-0.3, -0.25) is 4.79 Å². The zero-order valence-corrected chi connectivity index (χ0v) is 13.9. The van der Waals surface area contributed by atoms with E-state index in [9.17, 15) is 14.3 Å². The molecule has 2 heterocycles. The lowest BCUT2D eigenvalue weighted by molar-refractivity contribution is -0.116. The van der Waals surface area contributed by atoms with E-state index in [1.54, 1.807) is 30.6 Å². The van der Waals surface area contributed by atoms with Gasteiger partial charge in [0.1, 0.15) is 12.1 Å². The lowest BCUT2D eigenvalue weighted by atomic mass is 9.89. The molecule has 26 heavy (non-hydrogen) atoms. The average Bonchev–Trinajstić information content (AvgIpc) is 3.05. The number of ether oxygens (including phenoxy) is 1. The molecule has 0 bridgehead atoms. The molecule has 1 amide bonds. The molecule has 1 atom stereocenters. The number of hydrogen-bond acceptors (Lipinski definition) is 4. The monoisotopic (exact) mass is 353 g/mol. The maximum Gasteiger partial charge on any atom is 0.226 e. The molecule has 0 spiro atoms. The van der Waals surface area contributed by atoms with Gasteiger partial charge in [-0.25, -0.2) is 9.37 Å². The molecule has 2 N–H and O–H groups in total. The van der Waals surface area contributed by atoms with Crippen LogP contribution in [0.3, 0.4) is 0 Å². The Morgan fingerprint density at radius 3 is 2.73 bits per heavy atom. The summed E-state index contributed by atoms with van der Waals surface area (Å²) in [7, 11) is 1.48. The number of nitrogens with zero attached hydrogens (tertiary/aromatic N) is 2. The minimum atomic E-state index is -0.326. The number of imidazole rings is 1. The van der Waals surface area contributed by atoms with Crippen molar-refractivity contribution in [1.82, 2.24) is 9.55 Å². The normalized spacial score (nSPS) is 16.1. The molecule has 4 rings (SSSR count). The summed E-state index contributed by atoms with van der Waals surface area (Å²) in [6, 6.07) is 11.1. The van der Waals surface area contributed by atoms with Crippen LogP contribution in [0.5, 0.6) is 11.5 Å². The van der Waals surface area contributed by atoms with Gasteiger partial charge in [-0.15, -0.1) is 0 Å². The van der Waals surface area contributed by atoms with Gasteiger partial charge >= 0.3 is 0 Å². The molecule has 3 aromatic rings. The molecule has 1 aliphatic heterocycles. The highest BCUT2D eigenvalue weighted by Gasteiger charge is 2.31. The number of halogens is 1. The molecule has 1 aliphatic rings. The van der Waals surface area contributed by atoms with Gasteiger partial charge < -0.3 is 19.7 Å². The molecule has 1 unspecified atom stereocenters. The molecule has 0 aliphatic carbocycles. The van der Waals surface area contributed by atoms with Crippen molar-refractivity contribution >= 4 is 11.7 Å². The molecule has 0 saturated carbocycles. The summed E-state index contributed by atoms with van der Waals surface area (Å²) < 4.78 is 20.2. The molecule has 7 heteroatoms. The van der Waals surface area contributed by atoms with Crippen molar-refractivity contribution < 1.29 is 19.0 Å². The van der Waals surface area contributed by atoms with Crippen molar-refractivity contribution in [3.63, 3.8) is 0 Å². The van der Waals surface area contributed by atoms with E-state index in [1.165, 1.54) is 19.2 Å². The quantitative estimate of drug-likeness (QED) is 0.758. The van der Waals surface area contributed by atoms with Crippen LogP contribution in [-0.4, -0.2) is 27.7 Å². The van der Waals surface area contributed by atoms with Crippen molar-refractivity contribution in [2.24, 2.45) is 0 Å². The van der Waals surface area contributed by atoms with Crippen molar-refractivity contribution in [2.45, 2.75) is 12.3 Å². The third-order valence-electron chi connectivity index (χ3n) is 4.49. The van der Waals surface area contributed by atoms with Crippen LogP contribution in [0.15, 0.2) is 48.8 Å². The van der Waals surface area contributed by atoms with Crippen LogP contribution in [0.4, 0.5) is 10.2 Å². The molecule has 2 aromatic carbocycles. The smallest absolute Gasteiger partial charge is 0.226 e. The third kappa shape index (κ3) is 2.67. The Balaban J connectivity index is 1.84. The van der Waals surface area contributed by atoms with Crippen molar-refractivity contribution in [3.8, 4) is 17.2 Å². The highest BCUT2D eigenvalue weighted by atomic mass is 19.1. The van der Waals surface area contributed by atoms with E-state index in [4.69, 9.17) is 4.74 Å². The van der Waals surface area contributed by atoms with Crippen molar-refractivity contribution in [3.05, 3.63) is 65.9 Å². The highest BCUT2D eigenvalue weighted by molar-refractivity contribution is 5.94. The fourth-order valence-corrected chi connectivity index (χ4v) is 3.26. The van der Waals surface area contributed by atoms with Gasteiger partial charge in [0.25, 0.3) is 0 Å². The first kappa shape index (κ1) is 16.1. The highest BCUT2D eigenvalue weighted by Crippen LogP contribution is 2.40. The second-order valence-electron chi connectivity index (χ2n) is 6.06. The number of aromatic nitrogens is 2. The Morgan fingerprint density at radius 1 is 1.27 bits per heavy atom. The van der Waals surface area contributed by atoms with E-state index < -0.39 is 0 Å². The lowest BCUT2D eigenvalue weighted by Gasteiger charge is -2.25. The summed E-state index contributed by atoms with van der Waals surface area (Å²) in [6.07, 6.45) is 1.81. The summed E-state index contributed by atoms with van der Waals surface area (Å²) in [4.78, 5) is 16.4. The number of methoxy groups -OCH3 is 1. The molecule has 0 radical (unpaired) electrons. The predicted octanol–water partition coefficient (Wildman–Crippen LogP) is 3.20. The van der Waals surface area contributed by atoms with Crippen molar-refractivity contribution in [1.29, 1.82) is 0 Å². The Bertz CT molecular complexity index is 982. The molecule has 6 nitrogen and oxygen atoms in total. The van der Waals surface area contributed by atoms with E-state index >= 15 is 0 Å². The van der Waals surface area contributed by atoms with Gasteiger partial charge in [0.2, 0.25) is 5.91 Å². The minimum Gasteiger partial charge on any atom is -0.504 e. The summed E-state index contributed by atoms with van der Waals surface area (Å²) >= 11 is 0. The van der Waals surface area contributed by atoms with Gasteiger partial charge in [-0.1, -0.05) is 6.07 Å². The van der Waals surface area contributed by atoms with Crippen molar-refractivity contribution in [2.75, 3.05) is 12.4 Å². The Kier molecular flexibility index (Phi) is 3.84. The fourth-order valence-electron chi connectivity index (χ4n) is 3.26. The standard InChI is InChI=1S/C19H16FN3O3/c1-26-16-7-2-11(8-15(16)24)14-9-17(25)22-19-18(14)23(10-21-19)13-5-3-12(20)4-6-13/h2-8,10,14,24H,9H2,1H3,(H,22,25). The third-order valence-corrected chi connectivity index (χ3v) is 4.49. The fraction of sp³-hybridized carbons (Fsp3) is 0.158. The molecular formula is C19H16FN3O3. The zero-order valence-electron chi connectivity index (χ0n) is 13.9. The topological polar surface area (TPSA) is 76.4 Å². The summed E-state index contributed by atoms with van der Waals surface area (Å²) in [5.41, 5.74) is 2.28. The van der Waals surface area contributed by atoms with Crippen LogP contribution in [-0.2, 0) is 4.79 Å². The number of phenols is 1. The first-order chi connectivity index (χ1) is 12.6. The van der Waals surface area contributed by atoms with E-state index in [0.29, 0.717) is 11.6 Å². The van der Waals surface area contributed by atoms with E-state index in [0.717, 1.165) is 16.9 Å². The zero-order chi connectivity index (χ0) is 18.3. The van der Waals surface area contributed by atoms with Gasteiger partial charge in [0, 0.05) is 18.0 Å². The number of aromatic hydroxyl groups is 1. The summed E-state index contributed by atoms with van der Waals surface area (Å²) in [5.74, 6) is 0.0514. The van der Waals surface area contributed by atoms with Gasteiger partial charge in [-0.2, -0.15) is 0 Å². The van der Waals surface area contributed by atoms with Gasteiger partial charge in [0.15, 0.2) is 17.3 Å². The number of anilines is 1. The maximum atomic E-state index is 13.3. The number of nitrogens with one attached hydrogen (secondary N) is 1. The van der Waals surface area contributed by atoms with Crippen LogP contribution >= 0.6 is 0 Å². The van der Waals surface area contributed by atoms with Crippen LogP contribution in [0.25, 0.3) is 5.69 Å². The number of rotatable bonds is 3. The van der Waals surface area contributed by atoms with E-state index in [-0.39, 0.29) is 29.8 Å². The minimum absolute atomic E-state index is 0.00498. The number of phenolic OH excluding ortho intramolecular Hbond substituents is 1. The number of benzene rings is 2. The summed E-state index contributed by atoms with van der Waals surface area (Å²) in [5, 5.41) is 12.9. The summed E-state index contributed by atoms with van der Waals surface area (Å²) in [6.45, 7) is 0. The van der Waals surface area contributed by atoms with E-state index in [2.05, 4.69) is 10.3 Å². The number of hydrogen-bond donors (Lipinski definition) is 2. The number of fused-ring (bicyclic) bond motifs is 1. The number of amides is 1. The predicted molar refractivity (Wildman–Crippen MR) is 93.3 cm³/mol. The molecule has 132 valence electrons. The van der Waals surface area contributed by atoms with Crippen LogP contribution in [0.2, 0.25) is 0 Å². The Labute approximate surface area is 148 Å². The number of carbonyl (C=O) groups excluding carboxylic acids is 1. The lowest BCUT2D eigenvalue weighted by Crippen LogP contribution is -2.25. The van der Waals surface area contributed by atoms with Crippen LogP contribution in [0.1, 0.15) is 23.6 Å². The van der Waals surface area contributed by atoms with Gasteiger partial charge in [0.05, 0.1) is 12.8 Å². The van der Waals surface area contributed by atoms with Crippen LogP contribution < -0.4 is 10.1 Å². The van der Waals surface area contributed by atoms with E-state index in [1.807, 2.05) is 10.6 Å². The molecule has 0 saturated heterocycles. The molecular weight excluding hydrogens is 337 g/mol. The van der Waals surface area contributed by atoms with Gasteiger partial charge in [-0.05, 0) is 42.0 Å².